The number of pyridine rings is 1. The molecule has 0 radical (unpaired) electrons. The molecule has 0 aliphatic heterocycles. The van der Waals surface area contributed by atoms with Gasteiger partial charge in [0.15, 0.2) is 5.82 Å². The number of halogens is 1. The SMILES string of the molecule is Fc1ccccc1-c1cc(NCCc2c[nH]c3ccccc23)nc(-c2ccncc2)n1. The van der Waals surface area contributed by atoms with E-state index in [-0.39, 0.29) is 5.82 Å². The number of benzene rings is 2. The van der Waals surface area contributed by atoms with Crippen molar-refractivity contribution in [2.45, 2.75) is 6.42 Å². The second kappa shape index (κ2) is 8.36. The minimum Gasteiger partial charge on any atom is -0.370 e. The first-order valence-corrected chi connectivity index (χ1v) is 10.1. The molecule has 3 heterocycles. The number of aromatic amines is 1. The Morgan fingerprint density at radius 1 is 0.903 bits per heavy atom. The van der Waals surface area contributed by atoms with Gasteiger partial charge in [0.1, 0.15) is 11.6 Å². The summed E-state index contributed by atoms with van der Waals surface area (Å²) in [6.07, 6.45) is 6.25. The third-order valence-electron chi connectivity index (χ3n) is 5.19. The first-order chi connectivity index (χ1) is 15.3. The van der Waals surface area contributed by atoms with E-state index < -0.39 is 0 Å². The molecule has 0 saturated carbocycles. The summed E-state index contributed by atoms with van der Waals surface area (Å²) < 4.78 is 14.4. The average molecular weight is 409 g/mol. The van der Waals surface area contributed by atoms with Gasteiger partial charge in [-0.2, -0.15) is 0 Å². The summed E-state index contributed by atoms with van der Waals surface area (Å²) in [5.74, 6) is 0.865. The summed E-state index contributed by atoms with van der Waals surface area (Å²) in [6.45, 7) is 0.686. The molecule has 0 aliphatic rings. The maximum atomic E-state index is 14.4. The van der Waals surface area contributed by atoms with Crippen molar-refractivity contribution in [2.24, 2.45) is 0 Å². The molecule has 5 rings (SSSR count). The smallest absolute Gasteiger partial charge is 0.162 e. The Morgan fingerprint density at radius 2 is 1.71 bits per heavy atom. The number of rotatable bonds is 6. The highest BCUT2D eigenvalue weighted by molar-refractivity contribution is 5.83. The van der Waals surface area contributed by atoms with Crippen molar-refractivity contribution < 1.29 is 4.39 Å². The lowest BCUT2D eigenvalue weighted by molar-refractivity contribution is 0.630. The van der Waals surface area contributed by atoms with E-state index in [1.165, 1.54) is 17.0 Å². The molecular formula is C25H20FN5. The van der Waals surface area contributed by atoms with Crippen molar-refractivity contribution in [3.05, 3.63) is 96.7 Å². The van der Waals surface area contributed by atoms with E-state index in [1.807, 2.05) is 30.5 Å². The van der Waals surface area contributed by atoms with Crippen molar-refractivity contribution >= 4 is 16.7 Å². The molecule has 2 N–H and O–H groups in total. The summed E-state index contributed by atoms with van der Waals surface area (Å²) in [4.78, 5) is 16.6. The molecule has 152 valence electrons. The van der Waals surface area contributed by atoms with Gasteiger partial charge in [-0.05, 0) is 42.3 Å². The summed E-state index contributed by atoms with van der Waals surface area (Å²) in [5.41, 5.74) is 4.17. The van der Waals surface area contributed by atoms with E-state index >= 15 is 0 Å². The van der Waals surface area contributed by atoms with E-state index in [2.05, 4.69) is 37.4 Å². The van der Waals surface area contributed by atoms with Gasteiger partial charge in [-0.25, -0.2) is 14.4 Å². The second-order valence-corrected chi connectivity index (χ2v) is 7.21. The quantitative estimate of drug-likeness (QED) is 0.390. The van der Waals surface area contributed by atoms with Gasteiger partial charge < -0.3 is 10.3 Å². The highest BCUT2D eigenvalue weighted by atomic mass is 19.1. The molecule has 6 heteroatoms. The number of anilines is 1. The molecule has 0 spiro atoms. The van der Waals surface area contributed by atoms with Crippen molar-refractivity contribution in [2.75, 3.05) is 11.9 Å². The maximum absolute atomic E-state index is 14.4. The van der Waals surface area contributed by atoms with Crippen LogP contribution < -0.4 is 5.32 Å². The van der Waals surface area contributed by atoms with Gasteiger partial charge in [0.05, 0.1) is 5.69 Å². The number of fused-ring (bicyclic) bond motifs is 1. The normalized spacial score (nSPS) is 11.0. The number of nitrogens with one attached hydrogen (secondary N) is 2. The Balaban J connectivity index is 1.44. The van der Waals surface area contributed by atoms with E-state index in [0.717, 1.165) is 17.5 Å². The minimum atomic E-state index is -0.313. The molecular weight excluding hydrogens is 389 g/mol. The standard InChI is InChI=1S/C25H20FN5/c26-21-7-3-1-6-20(21)23-15-24(31-25(30-23)17-9-12-27-13-10-17)28-14-11-18-16-29-22-8-4-2-5-19(18)22/h1-10,12-13,15-16,29H,11,14H2,(H,28,30,31). The molecule has 3 aromatic heterocycles. The summed E-state index contributed by atoms with van der Waals surface area (Å²) in [5, 5.41) is 4.60. The maximum Gasteiger partial charge on any atom is 0.162 e. The highest BCUT2D eigenvalue weighted by Crippen LogP contribution is 2.26. The van der Waals surface area contributed by atoms with Crippen LogP contribution in [0.5, 0.6) is 0 Å². The number of nitrogens with zero attached hydrogens (tertiary/aromatic N) is 3. The lowest BCUT2D eigenvalue weighted by Crippen LogP contribution is -2.08. The van der Waals surface area contributed by atoms with E-state index in [9.17, 15) is 4.39 Å². The Hall–Kier alpha value is -4.06. The number of hydrogen-bond donors (Lipinski definition) is 2. The van der Waals surface area contributed by atoms with Crippen LogP contribution >= 0.6 is 0 Å². The first-order valence-electron chi connectivity index (χ1n) is 10.1. The molecule has 31 heavy (non-hydrogen) atoms. The third-order valence-corrected chi connectivity index (χ3v) is 5.19. The zero-order valence-corrected chi connectivity index (χ0v) is 16.7. The van der Waals surface area contributed by atoms with Crippen LogP contribution in [0.1, 0.15) is 5.56 Å². The van der Waals surface area contributed by atoms with Gasteiger partial charge in [0.2, 0.25) is 0 Å². The molecule has 0 saturated heterocycles. The molecule has 5 nitrogen and oxygen atoms in total. The van der Waals surface area contributed by atoms with Gasteiger partial charge >= 0.3 is 0 Å². The topological polar surface area (TPSA) is 66.5 Å². The van der Waals surface area contributed by atoms with Gasteiger partial charge in [0.25, 0.3) is 0 Å². The van der Waals surface area contributed by atoms with Crippen LogP contribution in [0.4, 0.5) is 10.2 Å². The second-order valence-electron chi connectivity index (χ2n) is 7.21. The number of aromatic nitrogens is 4. The van der Waals surface area contributed by atoms with Gasteiger partial charge in [-0.3, -0.25) is 4.98 Å². The summed E-state index contributed by atoms with van der Waals surface area (Å²) in [7, 11) is 0. The van der Waals surface area contributed by atoms with E-state index in [4.69, 9.17) is 0 Å². The lowest BCUT2D eigenvalue weighted by Gasteiger charge is -2.11. The molecule has 2 aromatic carbocycles. The molecule has 0 atom stereocenters. The molecule has 0 aliphatic carbocycles. The molecule has 0 fully saturated rings. The van der Waals surface area contributed by atoms with Crippen LogP contribution in [0.25, 0.3) is 33.5 Å². The largest absolute Gasteiger partial charge is 0.370 e. The Morgan fingerprint density at radius 3 is 2.58 bits per heavy atom. The average Bonchev–Trinajstić information content (AvgIpc) is 3.23. The fourth-order valence-electron chi connectivity index (χ4n) is 3.64. The highest BCUT2D eigenvalue weighted by Gasteiger charge is 2.12. The van der Waals surface area contributed by atoms with Gasteiger partial charge in [-0.1, -0.05) is 30.3 Å². The molecule has 0 amide bonds. The minimum absolute atomic E-state index is 0.313. The van der Waals surface area contributed by atoms with Crippen LogP contribution in [0.2, 0.25) is 0 Å². The first kappa shape index (κ1) is 18.9. The summed E-state index contributed by atoms with van der Waals surface area (Å²) in [6, 6.07) is 20.4. The lowest BCUT2D eigenvalue weighted by atomic mass is 10.1. The third kappa shape index (κ3) is 4.00. The fraction of sp³-hybridized carbons (Fsp3) is 0.0800. The number of H-pyrrole nitrogens is 1. The molecule has 5 aromatic rings. The van der Waals surface area contributed by atoms with Crippen molar-refractivity contribution in [1.29, 1.82) is 0 Å². The van der Waals surface area contributed by atoms with Crippen LogP contribution in [0.15, 0.2) is 85.3 Å². The zero-order valence-electron chi connectivity index (χ0n) is 16.7. The predicted molar refractivity (Wildman–Crippen MR) is 121 cm³/mol. The monoisotopic (exact) mass is 409 g/mol. The number of hydrogen-bond acceptors (Lipinski definition) is 4. The van der Waals surface area contributed by atoms with Gasteiger partial charge in [0, 0.05) is 53.2 Å². The summed E-state index contributed by atoms with van der Waals surface area (Å²) >= 11 is 0. The Bertz CT molecular complexity index is 1330. The van der Waals surface area contributed by atoms with Crippen molar-refractivity contribution in [3.8, 4) is 22.6 Å². The Kier molecular flexibility index (Phi) is 5.10. The van der Waals surface area contributed by atoms with Gasteiger partial charge in [-0.15, -0.1) is 0 Å². The van der Waals surface area contributed by atoms with Crippen LogP contribution in [0.3, 0.4) is 0 Å². The molecule has 0 bridgehead atoms. The molecule has 0 unspecified atom stereocenters. The van der Waals surface area contributed by atoms with Crippen molar-refractivity contribution in [1.82, 2.24) is 19.9 Å². The number of para-hydroxylation sites is 1. The van der Waals surface area contributed by atoms with Crippen LogP contribution in [-0.2, 0) is 6.42 Å². The van der Waals surface area contributed by atoms with E-state index in [1.54, 1.807) is 36.7 Å². The van der Waals surface area contributed by atoms with Crippen LogP contribution in [0, 0.1) is 5.82 Å². The van der Waals surface area contributed by atoms with Crippen molar-refractivity contribution in [3.63, 3.8) is 0 Å². The van der Waals surface area contributed by atoms with Crippen LogP contribution in [-0.4, -0.2) is 26.5 Å². The zero-order chi connectivity index (χ0) is 21.0. The van der Waals surface area contributed by atoms with E-state index in [0.29, 0.717) is 29.4 Å². The Labute approximate surface area is 179 Å². The predicted octanol–water partition coefficient (Wildman–Crippen LogP) is 5.48. The fourth-order valence-corrected chi connectivity index (χ4v) is 3.64.